The minimum atomic E-state index is -0.932. The molecule has 2 aliphatic rings. The highest BCUT2D eigenvalue weighted by Crippen LogP contribution is 2.47. The monoisotopic (exact) mass is 344 g/mol. The first-order valence-electron chi connectivity index (χ1n) is 8.86. The molecule has 6 nitrogen and oxygen atoms in total. The molecule has 25 heavy (non-hydrogen) atoms. The second-order valence-corrected chi connectivity index (χ2v) is 6.91. The predicted octanol–water partition coefficient (Wildman–Crippen LogP) is 2.64. The number of ether oxygens (including phenoxy) is 1. The molecule has 0 unspecified atom stereocenters. The molecule has 0 saturated heterocycles. The molecule has 2 N–H and O–H groups in total. The number of anilines is 1. The zero-order chi connectivity index (χ0) is 17.9. The van der Waals surface area contributed by atoms with Gasteiger partial charge in [-0.1, -0.05) is 19.3 Å². The number of carbonyl (C=O) groups is 3. The Kier molecular flexibility index (Phi) is 5.06. The lowest BCUT2D eigenvalue weighted by molar-refractivity contribution is -0.135. The van der Waals surface area contributed by atoms with Crippen LogP contribution in [-0.4, -0.2) is 30.9 Å². The fourth-order valence-electron chi connectivity index (χ4n) is 3.31. The summed E-state index contributed by atoms with van der Waals surface area (Å²) in [4.78, 5) is 36.6. The van der Waals surface area contributed by atoms with Crippen LogP contribution in [0.3, 0.4) is 0 Å². The van der Waals surface area contributed by atoms with E-state index >= 15 is 0 Å². The van der Waals surface area contributed by atoms with E-state index in [4.69, 9.17) is 0 Å². The maximum atomic E-state index is 12.6. The van der Waals surface area contributed by atoms with Crippen molar-refractivity contribution in [2.24, 2.45) is 5.41 Å². The van der Waals surface area contributed by atoms with Gasteiger partial charge < -0.3 is 15.4 Å². The number of esters is 1. The summed E-state index contributed by atoms with van der Waals surface area (Å²) in [7, 11) is 1.32. The summed E-state index contributed by atoms with van der Waals surface area (Å²) in [5.41, 5.74) is 0.0458. The Balaban J connectivity index is 1.60. The minimum Gasteiger partial charge on any atom is -0.465 e. The predicted molar refractivity (Wildman–Crippen MR) is 93.1 cm³/mol. The van der Waals surface area contributed by atoms with E-state index in [1.807, 2.05) is 0 Å². The second kappa shape index (κ2) is 7.25. The van der Waals surface area contributed by atoms with Gasteiger partial charge in [0.15, 0.2) is 0 Å². The van der Waals surface area contributed by atoms with Gasteiger partial charge in [0.2, 0.25) is 11.8 Å². The van der Waals surface area contributed by atoms with Crippen molar-refractivity contribution in [3.8, 4) is 0 Å². The van der Waals surface area contributed by atoms with Crippen LogP contribution in [-0.2, 0) is 14.3 Å². The topological polar surface area (TPSA) is 84.5 Å². The molecule has 0 aromatic heterocycles. The molecule has 1 aromatic carbocycles. The van der Waals surface area contributed by atoms with Crippen molar-refractivity contribution in [3.63, 3.8) is 0 Å². The van der Waals surface area contributed by atoms with Crippen molar-refractivity contribution in [1.82, 2.24) is 5.32 Å². The Morgan fingerprint density at radius 2 is 1.64 bits per heavy atom. The van der Waals surface area contributed by atoms with Crippen LogP contribution in [0, 0.1) is 5.41 Å². The molecule has 0 atom stereocenters. The smallest absolute Gasteiger partial charge is 0.337 e. The lowest BCUT2D eigenvalue weighted by Crippen LogP contribution is -2.45. The van der Waals surface area contributed by atoms with Crippen LogP contribution in [0.1, 0.15) is 55.3 Å². The van der Waals surface area contributed by atoms with Gasteiger partial charge in [0.25, 0.3) is 0 Å². The van der Waals surface area contributed by atoms with E-state index < -0.39 is 11.4 Å². The Labute approximate surface area is 147 Å². The number of rotatable bonds is 5. The number of carbonyl (C=O) groups excluding carboxylic acids is 3. The zero-order valence-corrected chi connectivity index (χ0v) is 14.5. The first-order chi connectivity index (χ1) is 12.0. The van der Waals surface area contributed by atoms with E-state index in [2.05, 4.69) is 15.4 Å². The van der Waals surface area contributed by atoms with E-state index in [0.717, 1.165) is 25.7 Å². The summed E-state index contributed by atoms with van der Waals surface area (Å²) in [6.45, 7) is 0. The molecule has 6 heteroatoms. The van der Waals surface area contributed by atoms with Gasteiger partial charge >= 0.3 is 5.97 Å². The number of methoxy groups -OCH3 is 1. The molecular weight excluding hydrogens is 320 g/mol. The fourth-order valence-corrected chi connectivity index (χ4v) is 3.31. The van der Waals surface area contributed by atoms with Crippen LogP contribution in [0.4, 0.5) is 5.69 Å². The van der Waals surface area contributed by atoms with Gasteiger partial charge in [-0.25, -0.2) is 4.79 Å². The third-order valence-corrected chi connectivity index (χ3v) is 5.12. The van der Waals surface area contributed by atoms with Crippen molar-refractivity contribution in [2.75, 3.05) is 12.4 Å². The number of benzene rings is 1. The van der Waals surface area contributed by atoms with Crippen molar-refractivity contribution in [1.29, 1.82) is 0 Å². The molecule has 2 fully saturated rings. The van der Waals surface area contributed by atoms with Crippen LogP contribution in [0.15, 0.2) is 24.3 Å². The maximum absolute atomic E-state index is 12.6. The van der Waals surface area contributed by atoms with Gasteiger partial charge in [-0.3, -0.25) is 9.59 Å². The van der Waals surface area contributed by atoms with Gasteiger partial charge in [-0.2, -0.15) is 0 Å². The highest BCUT2D eigenvalue weighted by Gasteiger charge is 2.56. The number of hydrogen-bond acceptors (Lipinski definition) is 4. The van der Waals surface area contributed by atoms with Gasteiger partial charge in [0.1, 0.15) is 5.41 Å². The lowest BCUT2D eigenvalue weighted by atomic mass is 9.94. The third-order valence-electron chi connectivity index (χ3n) is 5.12. The van der Waals surface area contributed by atoms with Crippen molar-refractivity contribution in [3.05, 3.63) is 29.8 Å². The fraction of sp³-hybridized carbons (Fsp3) is 0.526. The van der Waals surface area contributed by atoms with Crippen molar-refractivity contribution >= 4 is 23.5 Å². The summed E-state index contributed by atoms with van der Waals surface area (Å²) in [6, 6.07) is 6.65. The molecule has 0 heterocycles. The maximum Gasteiger partial charge on any atom is 0.337 e. The molecule has 2 aliphatic carbocycles. The lowest BCUT2D eigenvalue weighted by Gasteiger charge is -2.25. The molecule has 2 amide bonds. The summed E-state index contributed by atoms with van der Waals surface area (Å²) in [5.74, 6) is -0.849. The zero-order valence-electron chi connectivity index (χ0n) is 14.5. The Hall–Kier alpha value is -2.37. The van der Waals surface area contributed by atoms with Crippen LogP contribution < -0.4 is 10.6 Å². The summed E-state index contributed by atoms with van der Waals surface area (Å²) < 4.78 is 4.65. The van der Waals surface area contributed by atoms with E-state index in [1.54, 1.807) is 24.3 Å². The summed E-state index contributed by atoms with van der Waals surface area (Å²) in [6.07, 6.45) is 6.65. The van der Waals surface area contributed by atoms with Crippen molar-refractivity contribution < 1.29 is 19.1 Å². The third kappa shape index (κ3) is 3.83. The molecule has 2 saturated carbocycles. The average molecular weight is 344 g/mol. The van der Waals surface area contributed by atoms with E-state index in [9.17, 15) is 14.4 Å². The molecule has 0 spiro atoms. The van der Waals surface area contributed by atoms with Gasteiger partial charge in [0, 0.05) is 11.7 Å². The number of nitrogens with one attached hydrogen (secondary N) is 2. The second-order valence-electron chi connectivity index (χ2n) is 6.91. The molecule has 0 radical (unpaired) electrons. The normalized spacial score (nSPS) is 18.9. The van der Waals surface area contributed by atoms with Gasteiger partial charge in [-0.05, 0) is 49.9 Å². The Bertz CT molecular complexity index is 659. The molecule has 134 valence electrons. The molecular formula is C19H24N2O4. The quantitative estimate of drug-likeness (QED) is 0.635. The van der Waals surface area contributed by atoms with Crippen molar-refractivity contribution in [2.45, 2.75) is 51.0 Å². The van der Waals surface area contributed by atoms with E-state index in [1.165, 1.54) is 13.5 Å². The first-order valence-corrected chi connectivity index (χ1v) is 8.86. The minimum absolute atomic E-state index is 0.150. The highest BCUT2D eigenvalue weighted by atomic mass is 16.5. The van der Waals surface area contributed by atoms with E-state index in [0.29, 0.717) is 24.1 Å². The highest BCUT2D eigenvalue weighted by molar-refractivity contribution is 6.13. The SMILES string of the molecule is COC(=O)c1ccc(NC(=O)C2(C(=O)NC3CCCCC3)CC2)cc1. The number of hydrogen-bond donors (Lipinski definition) is 2. The van der Waals surface area contributed by atoms with Gasteiger partial charge in [0.05, 0.1) is 12.7 Å². The Morgan fingerprint density at radius 3 is 2.20 bits per heavy atom. The Morgan fingerprint density at radius 1 is 1.00 bits per heavy atom. The summed E-state index contributed by atoms with van der Waals surface area (Å²) >= 11 is 0. The first kappa shape index (κ1) is 17.5. The summed E-state index contributed by atoms with van der Waals surface area (Å²) in [5, 5.41) is 5.85. The molecule has 1 aromatic rings. The number of amides is 2. The van der Waals surface area contributed by atoms with Crippen LogP contribution in [0.25, 0.3) is 0 Å². The molecule has 0 bridgehead atoms. The average Bonchev–Trinajstić information content (AvgIpc) is 3.44. The molecule has 3 rings (SSSR count). The molecule has 0 aliphatic heterocycles. The largest absolute Gasteiger partial charge is 0.465 e. The standard InChI is InChI=1S/C19H24N2O4/c1-25-16(22)13-7-9-15(10-8-13)21-18(24)19(11-12-19)17(23)20-14-5-3-2-4-6-14/h7-10,14H,2-6,11-12H2,1H3,(H,20,23)(H,21,24). The van der Waals surface area contributed by atoms with E-state index in [-0.39, 0.29) is 17.9 Å². The van der Waals surface area contributed by atoms with Gasteiger partial charge in [-0.15, -0.1) is 0 Å². The van der Waals surface area contributed by atoms with Crippen LogP contribution in [0.5, 0.6) is 0 Å². The van der Waals surface area contributed by atoms with Crippen LogP contribution in [0.2, 0.25) is 0 Å². The van der Waals surface area contributed by atoms with Crippen LogP contribution >= 0.6 is 0 Å².